The molecule has 0 spiro atoms. The summed E-state index contributed by atoms with van der Waals surface area (Å²) in [5, 5.41) is 3.27. The van der Waals surface area contributed by atoms with Crippen LogP contribution in [0.5, 0.6) is 0 Å². The summed E-state index contributed by atoms with van der Waals surface area (Å²) in [7, 11) is 5.09. The van der Waals surface area contributed by atoms with Gasteiger partial charge in [0.15, 0.2) is 0 Å². The smallest absolute Gasteiger partial charge is 0.255 e. The molecule has 1 N–H and O–H groups in total. The van der Waals surface area contributed by atoms with Gasteiger partial charge in [-0.3, -0.25) is 9.59 Å². The Labute approximate surface area is 150 Å². The first-order chi connectivity index (χ1) is 11.9. The number of rotatable bonds is 6. The number of carbonyl (C=O) groups is 2. The third-order valence-electron chi connectivity index (χ3n) is 4.84. The van der Waals surface area contributed by atoms with Gasteiger partial charge in [0.1, 0.15) is 5.60 Å². The molecule has 0 radical (unpaired) electrons. The minimum atomic E-state index is -0.720. The highest BCUT2D eigenvalue weighted by molar-refractivity contribution is 5.93. The highest BCUT2D eigenvalue weighted by atomic mass is 16.5. The number of hydrogen-bond donors (Lipinski definition) is 1. The van der Waals surface area contributed by atoms with Gasteiger partial charge < -0.3 is 19.9 Å². The van der Waals surface area contributed by atoms with Gasteiger partial charge >= 0.3 is 0 Å². The van der Waals surface area contributed by atoms with Gasteiger partial charge in [-0.15, -0.1) is 0 Å². The molecule has 2 rings (SSSR count). The van der Waals surface area contributed by atoms with Crippen LogP contribution in [-0.4, -0.2) is 68.1 Å². The van der Waals surface area contributed by atoms with E-state index in [1.54, 1.807) is 26.1 Å². The summed E-state index contributed by atoms with van der Waals surface area (Å²) >= 11 is 0. The van der Waals surface area contributed by atoms with Crippen LogP contribution < -0.4 is 5.32 Å². The Morgan fingerprint density at radius 1 is 1.16 bits per heavy atom. The lowest BCUT2D eigenvalue weighted by atomic mass is 9.90. The van der Waals surface area contributed by atoms with E-state index in [4.69, 9.17) is 4.74 Å². The average Bonchev–Trinajstić information content (AvgIpc) is 2.65. The van der Waals surface area contributed by atoms with E-state index in [0.717, 1.165) is 18.7 Å². The third kappa shape index (κ3) is 4.38. The van der Waals surface area contributed by atoms with E-state index in [0.29, 0.717) is 31.5 Å². The van der Waals surface area contributed by atoms with Crippen molar-refractivity contribution in [2.24, 2.45) is 0 Å². The second-order valence-corrected chi connectivity index (χ2v) is 6.66. The normalized spacial score (nSPS) is 16.3. The second kappa shape index (κ2) is 8.45. The minimum Gasteiger partial charge on any atom is -0.368 e. The van der Waals surface area contributed by atoms with Crippen LogP contribution in [0.4, 0.5) is 0 Å². The van der Waals surface area contributed by atoms with Crippen LogP contribution in [0.2, 0.25) is 0 Å². The fourth-order valence-corrected chi connectivity index (χ4v) is 3.18. The fourth-order valence-electron chi connectivity index (χ4n) is 3.18. The van der Waals surface area contributed by atoms with Crippen LogP contribution in [-0.2, 0) is 16.1 Å². The lowest BCUT2D eigenvalue weighted by molar-refractivity contribution is -0.158. The Morgan fingerprint density at radius 3 is 2.24 bits per heavy atom. The van der Waals surface area contributed by atoms with Crippen molar-refractivity contribution < 1.29 is 14.3 Å². The Balaban J connectivity index is 2.10. The van der Waals surface area contributed by atoms with Crippen LogP contribution in [0, 0.1) is 0 Å². The van der Waals surface area contributed by atoms with Gasteiger partial charge in [0.05, 0.1) is 0 Å². The topological polar surface area (TPSA) is 61.9 Å². The maximum Gasteiger partial charge on any atom is 0.255 e. The zero-order valence-corrected chi connectivity index (χ0v) is 15.7. The number of amides is 2. The molecular formula is C19H29N3O3. The van der Waals surface area contributed by atoms with Crippen molar-refractivity contribution in [3.05, 3.63) is 35.4 Å². The van der Waals surface area contributed by atoms with Crippen molar-refractivity contribution in [2.75, 3.05) is 40.8 Å². The largest absolute Gasteiger partial charge is 0.368 e. The molecule has 0 saturated carbocycles. The summed E-state index contributed by atoms with van der Waals surface area (Å²) in [5.74, 6) is 0.0236. The Bertz CT molecular complexity index is 592. The molecule has 0 bridgehead atoms. The summed E-state index contributed by atoms with van der Waals surface area (Å²) in [4.78, 5) is 28.4. The van der Waals surface area contributed by atoms with Gasteiger partial charge in [-0.05, 0) is 50.6 Å². The van der Waals surface area contributed by atoms with Crippen LogP contribution in [0.15, 0.2) is 24.3 Å². The lowest BCUT2D eigenvalue weighted by Gasteiger charge is -2.38. The molecule has 1 aliphatic heterocycles. The number of benzene rings is 1. The molecule has 1 fully saturated rings. The van der Waals surface area contributed by atoms with E-state index in [1.807, 2.05) is 36.1 Å². The maximum absolute atomic E-state index is 13.1. The first-order valence-electron chi connectivity index (χ1n) is 8.79. The monoisotopic (exact) mass is 347 g/mol. The quantitative estimate of drug-likeness (QED) is 0.847. The first kappa shape index (κ1) is 19.4. The molecule has 0 atom stereocenters. The van der Waals surface area contributed by atoms with Gasteiger partial charge in [-0.25, -0.2) is 0 Å². The van der Waals surface area contributed by atoms with Crippen molar-refractivity contribution in [3.8, 4) is 0 Å². The number of carbonyl (C=O) groups excluding carboxylic acids is 2. The summed E-state index contributed by atoms with van der Waals surface area (Å²) in [6.07, 6.45) is 1.38. The van der Waals surface area contributed by atoms with Gasteiger partial charge in [0.25, 0.3) is 11.8 Å². The number of likely N-dealkylation sites (N-methyl/N-ethyl adjacent to an activating group) is 1. The number of nitrogens with zero attached hydrogens (tertiary/aromatic N) is 2. The minimum absolute atomic E-state index is 0.0250. The highest BCUT2D eigenvalue weighted by Crippen LogP contribution is 2.26. The molecule has 1 aromatic rings. The molecule has 25 heavy (non-hydrogen) atoms. The van der Waals surface area contributed by atoms with E-state index in [9.17, 15) is 9.59 Å². The third-order valence-corrected chi connectivity index (χ3v) is 4.84. The summed E-state index contributed by atoms with van der Waals surface area (Å²) in [5.41, 5.74) is 0.933. The van der Waals surface area contributed by atoms with Crippen LogP contribution in [0.3, 0.4) is 0 Å². The van der Waals surface area contributed by atoms with Crippen LogP contribution >= 0.6 is 0 Å². The van der Waals surface area contributed by atoms with Crippen molar-refractivity contribution in [1.29, 1.82) is 0 Å². The molecule has 1 heterocycles. The summed E-state index contributed by atoms with van der Waals surface area (Å²) < 4.78 is 5.66. The van der Waals surface area contributed by atoms with Gasteiger partial charge in [0, 0.05) is 39.9 Å². The van der Waals surface area contributed by atoms with Crippen molar-refractivity contribution >= 4 is 11.8 Å². The van der Waals surface area contributed by atoms with E-state index in [2.05, 4.69) is 5.32 Å². The SMILES string of the molecule is CCN(Cc1ccc(C(=O)N(C)C)cc1)C(=O)C1(OC)CCNCC1. The molecular weight excluding hydrogens is 318 g/mol. The number of piperidine rings is 1. The number of ether oxygens (including phenoxy) is 1. The first-order valence-corrected chi connectivity index (χ1v) is 8.79. The standard InChI is InChI=1S/C19H29N3O3/c1-5-22(18(24)19(25-4)10-12-20-13-11-19)14-15-6-8-16(9-7-15)17(23)21(2)3/h6-9,20H,5,10-14H2,1-4H3. The van der Waals surface area contributed by atoms with E-state index in [-0.39, 0.29) is 11.8 Å². The maximum atomic E-state index is 13.1. The Morgan fingerprint density at radius 2 is 1.76 bits per heavy atom. The van der Waals surface area contributed by atoms with Crippen LogP contribution in [0.1, 0.15) is 35.7 Å². The zero-order valence-electron chi connectivity index (χ0n) is 15.7. The molecule has 138 valence electrons. The summed E-state index contributed by atoms with van der Waals surface area (Å²) in [6, 6.07) is 7.45. The lowest BCUT2D eigenvalue weighted by Crippen LogP contribution is -2.55. The summed E-state index contributed by atoms with van der Waals surface area (Å²) in [6.45, 7) is 4.70. The van der Waals surface area contributed by atoms with Crippen LogP contribution in [0.25, 0.3) is 0 Å². The average molecular weight is 347 g/mol. The highest BCUT2D eigenvalue weighted by Gasteiger charge is 2.42. The predicted octanol–water partition coefficient (Wildman–Crippen LogP) is 1.51. The van der Waals surface area contributed by atoms with Crippen molar-refractivity contribution in [2.45, 2.75) is 31.9 Å². The molecule has 1 saturated heterocycles. The number of nitrogens with one attached hydrogen (secondary N) is 1. The molecule has 1 aliphatic rings. The second-order valence-electron chi connectivity index (χ2n) is 6.66. The molecule has 1 aromatic carbocycles. The van der Waals surface area contributed by atoms with Crippen molar-refractivity contribution in [3.63, 3.8) is 0 Å². The fraction of sp³-hybridized carbons (Fsp3) is 0.579. The Hall–Kier alpha value is -1.92. The van der Waals surface area contributed by atoms with Gasteiger partial charge in [-0.2, -0.15) is 0 Å². The van der Waals surface area contributed by atoms with Gasteiger partial charge in [-0.1, -0.05) is 12.1 Å². The van der Waals surface area contributed by atoms with E-state index in [1.165, 1.54) is 0 Å². The van der Waals surface area contributed by atoms with Gasteiger partial charge in [0.2, 0.25) is 0 Å². The zero-order chi connectivity index (χ0) is 18.4. The molecule has 0 aliphatic carbocycles. The molecule has 6 heteroatoms. The van der Waals surface area contributed by atoms with E-state index < -0.39 is 5.60 Å². The Kier molecular flexibility index (Phi) is 6.56. The molecule has 2 amide bonds. The molecule has 0 unspecified atom stereocenters. The number of methoxy groups -OCH3 is 1. The van der Waals surface area contributed by atoms with E-state index >= 15 is 0 Å². The molecule has 6 nitrogen and oxygen atoms in total. The number of hydrogen-bond acceptors (Lipinski definition) is 4. The van der Waals surface area contributed by atoms with Crippen molar-refractivity contribution in [1.82, 2.24) is 15.1 Å². The molecule has 0 aromatic heterocycles. The predicted molar refractivity (Wildman–Crippen MR) is 97.4 cm³/mol.